The molecule has 0 aromatic heterocycles. The number of hydrogen-bond acceptors (Lipinski definition) is 3. The molecule has 2 rings (SSSR count). The fourth-order valence-electron chi connectivity index (χ4n) is 2.90. The van der Waals surface area contributed by atoms with E-state index in [2.05, 4.69) is 0 Å². The van der Waals surface area contributed by atoms with Crippen molar-refractivity contribution >= 4 is 9.84 Å². The topological polar surface area (TPSA) is 54.4 Å². The predicted octanol–water partition coefficient (Wildman–Crippen LogP) is 1.66. The Morgan fingerprint density at radius 1 is 1.06 bits per heavy atom. The molecule has 3 nitrogen and oxygen atoms in total. The van der Waals surface area contributed by atoms with Crippen LogP contribution in [-0.2, 0) is 9.84 Å². The third kappa shape index (κ3) is 2.31. The summed E-state index contributed by atoms with van der Waals surface area (Å²) in [4.78, 5) is 0. The largest absolute Gasteiger partial charge is 0.394 e. The van der Waals surface area contributed by atoms with E-state index in [1.165, 1.54) is 0 Å². The quantitative estimate of drug-likeness (QED) is 0.729. The summed E-state index contributed by atoms with van der Waals surface area (Å²) in [7, 11) is -3.49. The summed E-state index contributed by atoms with van der Waals surface area (Å²) in [6.07, 6.45) is -5.57. The molecule has 2 fully saturated rings. The number of aliphatic hydroxyl groups is 1. The fourth-order valence-corrected chi connectivity index (χ4v) is 5.38. The molecule has 2 saturated heterocycles. The minimum atomic E-state index is -4.52. The minimum absolute atomic E-state index is 0.275. The average molecular weight is 272 g/mol. The highest BCUT2D eigenvalue weighted by molar-refractivity contribution is 7.92. The third-order valence-electron chi connectivity index (χ3n) is 3.89. The van der Waals surface area contributed by atoms with Crippen LogP contribution in [0.25, 0.3) is 0 Å². The van der Waals surface area contributed by atoms with Gasteiger partial charge in [0.15, 0.2) is 9.84 Å². The maximum Gasteiger partial charge on any atom is 0.394 e. The van der Waals surface area contributed by atoms with Gasteiger partial charge in [0.1, 0.15) is 0 Å². The number of sulfone groups is 1. The van der Waals surface area contributed by atoms with E-state index in [1.807, 2.05) is 0 Å². The highest BCUT2D eigenvalue weighted by Gasteiger charge is 2.52. The Morgan fingerprint density at radius 3 is 2.12 bits per heavy atom. The molecule has 4 unspecified atom stereocenters. The van der Waals surface area contributed by atoms with Gasteiger partial charge in [-0.15, -0.1) is 0 Å². The van der Waals surface area contributed by atoms with Gasteiger partial charge in [0.2, 0.25) is 0 Å². The Hall–Kier alpha value is -0.300. The Morgan fingerprint density at radius 2 is 1.59 bits per heavy atom. The molecule has 2 aliphatic rings. The highest BCUT2D eigenvalue weighted by atomic mass is 32.2. The molecule has 1 N–H and O–H groups in total. The van der Waals surface area contributed by atoms with Crippen LogP contribution < -0.4 is 0 Å². The molecular formula is C10H15F3O3S. The minimum Gasteiger partial charge on any atom is -0.392 e. The maximum atomic E-state index is 12.7. The van der Waals surface area contributed by atoms with Crippen molar-refractivity contribution in [2.75, 3.05) is 0 Å². The van der Waals surface area contributed by atoms with Gasteiger partial charge in [0, 0.05) is 0 Å². The second kappa shape index (κ2) is 4.12. The molecule has 7 heteroatoms. The molecule has 4 atom stereocenters. The first-order valence-corrected chi connectivity index (χ1v) is 7.31. The van der Waals surface area contributed by atoms with Gasteiger partial charge >= 0.3 is 6.18 Å². The molecule has 0 spiro atoms. The lowest BCUT2D eigenvalue weighted by Gasteiger charge is -2.27. The molecular weight excluding hydrogens is 257 g/mol. The summed E-state index contributed by atoms with van der Waals surface area (Å²) in [5, 5.41) is 7.87. The first-order chi connectivity index (χ1) is 7.73. The van der Waals surface area contributed by atoms with Crippen molar-refractivity contribution in [1.82, 2.24) is 0 Å². The lowest BCUT2D eigenvalue weighted by Crippen LogP contribution is -2.36. The van der Waals surface area contributed by atoms with Crippen molar-refractivity contribution in [3.05, 3.63) is 0 Å². The SMILES string of the molecule is O=S1(=O)C2CCCC1CC(C(F)(F)F)C(O)C2. The molecule has 0 amide bonds. The highest BCUT2D eigenvalue weighted by Crippen LogP contribution is 2.43. The van der Waals surface area contributed by atoms with E-state index < -0.39 is 45.0 Å². The van der Waals surface area contributed by atoms with Gasteiger partial charge in [-0.05, 0) is 25.7 Å². The van der Waals surface area contributed by atoms with Crippen LogP contribution in [0.15, 0.2) is 0 Å². The van der Waals surface area contributed by atoms with E-state index in [9.17, 15) is 26.7 Å². The monoisotopic (exact) mass is 272 g/mol. The molecule has 0 saturated carbocycles. The van der Waals surface area contributed by atoms with Crippen LogP contribution >= 0.6 is 0 Å². The summed E-state index contributed by atoms with van der Waals surface area (Å²) in [5.41, 5.74) is 0. The van der Waals surface area contributed by atoms with E-state index in [0.29, 0.717) is 12.8 Å². The van der Waals surface area contributed by atoms with Crippen molar-refractivity contribution in [1.29, 1.82) is 0 Å². The van der Waals surface area contributed by atoms with Crippen LogP contribution in [0.1, 0.15) is 32.1 Å². The molecule has 0 radical (unpaired) electrons. The second-order valence-electron chi connectivity index (χ2n) is 4.95. The lowest BCUT2D eigenvalue weighted by molar-refractivity contribution is -0.201. The van der Waals surface area contributed by atoms with Crippen molar-refractivity contribution in [3.8, 4) is 0 Å². The fraction of sp³-hybridized carbons (Fsp3) is 1.00. The number of alkyl halides is 3. The third-order valence-corrected chi connectivity index (χ3v) is 6.60. The zero-order valence-electron chi connectivity index (χ0n) is 9.15. The zero-order chi connectivity index (χ0) is 12.8. The Labute approximate surface area is 97.9 Å². The van der Waals surface area contributed by atoms with Gasteiger partial charge in [-0.3, -0.25) is 0 Å². The molecule has 2 bridgehead atoms. The Bertz CT molecular complexity index is 390. The van der Waals surface area contributed by atoms with Crippen LogP contribution in [-0.4, -0.2) is 36.3 Å². The smallest absolute Gasteiger partial charge is 0.392 e. The summed E-state index contributed by atoms with van der Waals surface area (Å²) >= 11 is 0. The van der Waals surface area contributed by atoms with E-state index in [-0.39, 0.29) is 12.8 Å². The van der Waals surface area contributed by atoms with Crippen LogP contribution in [0, 0.1) is 5.92 Å². The van der Waals surface area contributed by atoms with Gasteiger partial charge in [-0.2, -0.15) is 13.2 Å². The van der Waals surface area contributed by atoms with Crippen LogP contribution in [0.5, 0.6) is 0 Å². The average Bonchev–Trinajstić information content (AvgIpc) is 2.24. The van der Waals surface area contributed by atoms with Crippen LogP contribution in [0.4, 0.5) is 13.2 Å². The molecule has 2 heterocycles. The van der Waals surface area contributed by atoms with E-state index in [4.69, 9.17) is 0 Å². The number of hydrogen-bond donors (Lipinski definition) is 1. The number of aliphatic hydroxyl groups excluding tert-OH is 1. The van der Waals surface area contributed by atoms with E-state index in [1.54, 1.807) is 0 Å². The van der Waals surface area contributed by atoms with Crippen molar-refractivity contribution in [2.24, 2.45) is 5.92 Å². The normalized spacial score (nSPS) is 41.9. The molecule has 0 aliphatic carbocycles. The lowest BCUT2D eigenvalue weighted by atomic mass is 9.93. The van der Waals surface area contributed by atoms with Crippen molar-refractivity contribution in [3.63, 3.8) is 0 Å². The molecule has 100 valence electrons. The molecule has 0 aromatic carbocycles. The van der Waals surface area contributed by atoms with E-state index >= 15 is 0 Å². The number of halogens is 3. The van der Waals surface area contributed by atoms with Crippen LogP contribution in [0.2, 0.25) is 0 Å². The first-order valence-electron chi connectivity index (χ1n) is 5.70. The van der Waals surface area contributed by atoms with Crippen molar-refractivity contribution in [2.45, 2.75) is 54.9 Å². The number of fused-ring (bicyclic) bond motifs is 2. The van der Waals surface area contributed by atoms with E-state index in [0.717, 1.165) is 0 Å². The number of rotatable bonds is 0. The molecule has 2 aliphatic heterocycles. The van der Waals surface area contributed by atoms with Gasteiger partial charge in [0.05, 0.1) is 22.5 Å². The first kappa shape index (κ1) is 13.1. The second-order valence-corrected chi connectivity index (χ2v) is 7.46. The summed E-state index contributed by atoms with van der Waals surface area (Å²) in [6.45, 7) is 0. The van der Waals surface area contributed by atoms with Crippen LogP contribution in [0.3, 0.4) is 0 Å². The Kier molecular flexibility index (Phi) is 3.18. The zero-order valence-corrected chi connectivity index (χ0v) is 9.97. The summed E-state index contributed by atoms with van der Waals surface area (Å²) in [6, 6.07) is 0. The van der Waals surface area contributed by atoms with Gasteiger partial charge in [0.25, 0.3) is 0 Å². The summed E-state index contributed by atoms with van der Waals surface area (Å²) < 4.78 is 62.1. The summed E-state index contributed by atoms with van der Waals surface area (Å²) in [5.74, 6) is -1.90. The maximum absolute atomic E-state index is 12.7. The standard InChI is InChI=1S/C10H15F3O3S/c11-10(12,13)8-4-6-2-1-3-7(5-9(8)14)17(6,15)16/h6-9,14H,1-5H2. The van der Waals surface area contributed by atoms with Crippen molar-refractivity contribution < 1.29 is 26.7 Å². The molecule has 17 heavy (non-hydrogen) atoms. The van der Waals surface area contributed by atoms with Gasteiger partial charge in [-0.1, -0.05) is 6.42 Å². The van der Waals surface area contributed by atoms with Gasteiger partial charge in [-0.25, -0.2) is 8.42 Å². The molecule has 0 aromatic rings. The predicted molar refractivity (Wildman–Crippen MR) is 55.1 cm³/mol. The Balaban J connectivity index is 2.34. The van der Waals surface area contributed by atoms with Gasteiger partial charge < -0.3 is 5.11 Å².